The fourth-order valence-electron chi connectivity index (χ4n) is 3.66. The van der Waals surface area contributed by atoms with Gasteiger partial charge < -0.3 is 19.5 Å². The Morgan fingerprint density at radius 2 is 2.13 bits per heavy atom. The van der Waals surface area contributed by atoms with Gasteiger partial charge >= 0.3 is 0 Å². The number of nitrogens with zero attached hydrogens (tertiary/aromatic N) is 1. The van der Waals surface area contributed by atoms with Crippen molar-refractivity contribution in [2.24, 2.45) is 0 Å². The molecule has 1 amide bonds. The SMILES string of the molecule is C[C@H]1CN2C[C@H](NC(=O)c3cccc4c3OCCO4)C[C@H]2CO1. The van der Waals surface area contributed by atoms with Crippen LogP contribution < -0.4 is 14.8 Å². The van der Waals surface area contributed by atoms with Crippen molar-refractivity contribution < 1.29 is 19.0 Å². The number of morpholine rings is 1. The highest BCUT2D eigenvalue weighted by molar-refractivity contribution is 5.98. The standard InChI is InChI=1S/C17H22N2O4/c1-11-8-19-9-12(7-13(19)10-23-11)18-17(20)14-3-2-4-15-16(14)22-6-5-21-15/h2-4,11-13H,5-10H2,1H3,(H,18,20)/t11-,12+,13-/m0/s1. The molecule has 2 saturated heterocycles. The van der Waals surface area contributed by atoms with Crippen molar-refractivity contribution >= 4 is 5.91 Å². The second kappa shape index (κ2) is 6.02. The van der Waals surface area contributed by atoms with Crippen LogP contribution in [0, 0.1) is 0 Å². The maximum Gasteiger partial charge on any atom is 0.255 e. The predicted molar refractivity (Wildman–Crippen MR) is 84.1 cm³/mol. The Morgan fingerprint density at radius 1 is 1.26 bits per heavy atom. The molecule has 6 heteroatoms. The van der Waals surface area contributed by atoms with E-state index in [2.05, 4.69) is 17.1 Å². The number of carbonyl (C=O) groups excluding carboxylic acids is 1. The Kier molecular flexibility index (Phi) is 3.87. The highest BCUT2D eigenvalue weighted by atomic mass is 16.6. The van der Waals surface area contributed by atoms with Crippen LogP contribution in [0.3, 0.4) is 0 Å². The molecule has 4 rings (SSSR count). The molecule has 3 aliphatic heterocycles. The summed E-state index contributed by atoms with van der Waals surface area (Å²) >= 11 is 0. The van der Waals surface area contributed by atoms with Crippen LogP contribution in [0.2, 0.25) is 0 Å². The fourth-order valence-corrected chi connectivity index (χ4v) is 3.66. The number of carbonyl (C=O) groups is 1. The molecule has 0 saturated carbocycles. The van der Waals surface area contributed by atoms with E-state index in [-0.39, 0.29) is 18.1 Å². The third-order valence-electron chi connectivity index (χ3n) is 4.74. The van der Waals surface area contributed by atoms with Gasteiger partial charge in [0.25, 0.3) is 5.91 Å². The number of fused-ring (bicyclic) bond motifs is 2. The van der Waals surface area contributed by atoms with Gasteiger partial charge in [0, 0.05) is 25.2 Å². The minimum atomic E-state index is -0.0915. The van der Waals surface area contributed by atoms with Crippen molar-refractivity contribution in [3.8, 4) is 11.5 Å². The highest BCUT2D eigenvalue weighted by Crippen LogP contribution is 2.33. The first-order chi connectivity index (χ1) is 11.2. The van der Waals surface area contributed by atoms with E-state index >= 15 is 0 Å². The highest BCUT2D eigenvalue weighted by Gasteiger charge is 2.37. The molecular weight excluding hydrogens is 296 g/mol. The molecule has 0 unspecified atom stereocenters. The largest absolute Gasteiger partial charge is 0.486 e. The van der Waals surface area contributed by atoms with Crippen molar-refractivity contribution in [2.75, 3.05) is 32.9 Å². The molecule has 1 N–H and O–H groups in total. The molecule has 3 heterocycles. The molecule has 6 nitrogen and oxygen atoms in total. The molecule has 0 bridgehead atoms. The fraction of sp³-hybridized carbons (Fsp3) is 0.588. The van der Waals surface area contributed by atoms with Crippen LogP contribution in [0.15, 0.2) is 18.2 Å². The number of ether oxygens (including phenoxy) is 3. The van der Waals surface area contributed by atoms with Crippen molar-refractivity contribution in [2.45, 2.75) is 31.5 Å². The molecule has 3 atom stereocenters. The second-order valence-electron chi connectivity index (χ2n) is 6.49. The van der Waals surface area contributed by atoms with Crippen LogP contribution in [-0.2, 0) is 4.74 Å². The number of hydrogen-bond acceptors (Lipinski definition) is 5. The summed E-state index contributed by atoms with van der Waals surface area (Å²) in [6, 6.07) is 6.02. The van der Waals surface area contributed by atoms with Gasteiger partial charge in [-0.2, -0.15) is 0 Å². The van der Waals surface area contributed by atoms with Gasteiger partial charge in [0.2, 0.25) is 0 Å². The van der Waals surface area contributed by atoms with Crippen LogP contribution in [0.1, 0.15) is 23.7 Å². The normalized spacial score (nSPS) is 29.9. The van der Waals surface area contributed by atoms with Gasteiger partial charge in [-0.1, -0.05) is 6.07 Å². The molecule has 1 aromatic carbocycles. The lowest BCUT2D eigenvalue weighted by Crippen LogP contribution is -2.45. The summed E-state index contributed by atoms with van der Waals surface area (Å²) in [4.78, 5) is 15.1. The maximum absolute atomic E-state index is 12.6. The Labute approximate surface area is 135 Å². The van der Waals surface area contributed by atoms with E-state index in [0.717, 1.165) is 26.1 Å². The lowest BCUT2D eigenvalue weighted by atomic mass is 10.1. The first-order valence-corrected chi connectivity index (χ1v) is 8.26. The number of amides is 1. The average molecular weight is 318 g/mol. The Bertz CT molecular complexity index is 606. The lowest BCUT2D eigenvalue weighted by molar-refractivity contribution is -0.0390. The summed E-state index contributed by atoms with van der Waals surface area (Å²) in [5.41, 5.74) is 0.552. The smallest absolute Gasteiger partial charge is 0.255 e. The molecule has 1 aromatic rings. The van der Waals surface area contributed by atoms with Crippen LogP contribution in [0.5, 0.6) is 11.5 Å². The van der Waals surface area contributed by atoms with Crippen LogP contribution in [-0.4, -0.2) is 61.9 Å². The second-order valence-corrected chi connectivity index (χ2v) is 6.49. The zero-order valence-corrected chi connectivity index (χ0v) is 13.3. The third kappa shape index (κ3) is 2.88. The minimum Gasteiger partial charge on any atom is -0.486 e. The molecule has 0 radical (unpaired) electrons. The van der Waals surface area contributed by atoms with Crippen LogP contribution in [0.4, 0.5) is 0 Å². The van der Waals surface area contributed by atoms with E-state index in [1.165, 1.54) is 0 Å². The molecule has 124 valence electrons. The van der Waals surface area contributed by atoms with Crippen molar-refractivity contribution in [3.05, 3.63) is 23.8 Å². The van der Waals surface area contributed by atoms with Crippen LogP contribution >= 0.6 is 0 Å². The van der Waals surface area contributed by atoms with Crippen molar-refractivity contribution in [3.63, 3.8) is 0 Å². The Balaban J connectivity index is 1.45. The molecule has 2 fully saturated rings. The van der Waals surface area contributed by atoms with Gasteiger partial charge in [-0.15, -0.1) is 0 Å². The summed E-state index contributed by atoms with van der Waals surface area (Å²) in [5, 5.41) is 3.14. The van der Waals surface area contributed by atoms with E-state index in [9.17, 15) is 4.79 Å². The van der Waals surface area contributed by atoms with Gasteiger partial charge in [0.1, 0.15) is 13.2 Å². The van der Waals surface area contributed by atoms with E-state index in [4.69, 9.17) is 14.2 Å². The maximum atomic E-state index is 12.6. The zero-order valence-electron chi connectivity index (χ0n) is 13.3. The first-order valence-electron chi connectivity index (χ1n) is 8.26. The quantitative estimate of drug-likeness (QED) is 0.883. The van der Waals surface area contributed by atoms with E-state index in [0.29, 0.717) is 36.3 Å². The molecule has 0 spiro atoms. The van der Waals surface area contributed by atoms with Gasteiger partial charge in [-0.25, -0.2) is 0 Å². The number of para-hydroxylation sites is 1. The summed E-state index contributed by atoms with van der Waals surface area (Å²) in [7, 11) is 0. The Morgan fingerprint density at radius 3 is 3.04 bits per heavy atom. The monoisotopic (exact) mass is 318 g/mol. The van der Waals surface area contributed by atoms with Gasteiger partial charge in [-0.3, -0.25) is 9.69 Å². The number of nitrogens with one attached hydrogen (secondary N) is 1. The summed E-state index contributed by atoms with van der Waals surface area (Å²) in [6.45, 7) is 5.67. The van der Waals surface area contributed by atoms with Gasteiger partial charge in [-0.05, 0) is 25.5 Å². The number of benzene rings is 1. The van der Waals surface area contributed by atoms with E-state index in [1.54, 1.807) is 6.07 Å². The average Bonchev–Trinajstić information content (AvgIpc) is 2.95. The minimum absolute atomic E-state index is 0.0915. The lowest BCUT2D eigenvalue weighted by Gasteiger charge is -2.33. The van der Waals surface area contributed by atoms with E-state index in [1.807, 2.05) is 12.1 Å². The van der Waals surface area contributed by atoms with Crippen LogP contribution in [0.25, 0.3) is 0 Å². The summed E-state index contributed by atoms with van der Waals surface area (Å²) in [5.74, 6) is 1.12. The van der Waals surface area contributed by atoms with Crippen molar-refractivity contribution in [1.29, 1.82) is 0 Å². The third-order valence-corrected chi connectivity index (χ3v) is 4.74. The van der Waals surface area contributed by atoms with Gasteiger partial charge in [0.05, 0.1) is 18.3 Å². The number of rotatable bonds is 2. The van der Waals surface area contributed by atoms with Crippen molar-refractivity contribution in [1.82, 2.24) is 10.2 Å². The summed E-state index contributed by atoms with van der Waals surface area (Å²) in [6.07, 6.45) is 1.21. The first kappa shape index (κ1) is 14.8. The predicted octanol–water partition coefficient (Wildman–Crippen LogP) is 1.05. The molecule has 23 heavy (non-hydrogen) atoms. The molecular formula is C17H22N2O4. The Hall–Kier alpha value is -1.79. The molecule has 0 aromatic heterocycles. The topological polar surface area (TPSA) is 60.0 Å². The van der Waals surface area contributed by atoms with E-state index < -0.39 is 0 Å². The number of hydrogen-bond donors (Lipinski definition) is 1. The zero-order chi connectivity index (χ0) is 15.8. The summed E-state index contributed by atoms with van der Waals surface area (Å²) < 4.78 is 16.9. The molecule has 0 aliphatic carbocycles. The van der Waals surface area contributed by atoms with Gasteiger partial charge in [0.15, 0.2) is 11.5 Å². The molecule has 3 aliphatic rings.